The first-order chi connectivity index (χ1) is 8.88. The van der Waals surface area contributed by atoms with Gasteiger partial charge in [0.1, 0.15) is 6.29 Å². The number of fused-ring (bicyclic) bond motifs is 1. The Balaban J connectivity index is 1.92. The quantitative estimate of drug-likeness (QED) is 0.592. The lowest BCUT2D eigenvalue weighted by Crippen LogP contribution is -2.08. The van der Waals surface area contributed by atoms with E-state index in [4.69, 9.17) is 9.47 Å². The van der Waals surface area contributed by atoms with Gasteiger partial charge in [-0.15, -0.1) is 0 Å². The molecule has 2 aliphatic rings. The molecule has 0 aromatic heterocycles. The average Bonchev–Trinajstić information content (AvgIpc) is 2.87. The van der Waals surface area contributed by atoms with Crippen LogP contribution in [0.5, 0.6) is 11.5 Å². The SMILES string of the molecule is O=C/C=C1\CCCCC1c1ccc2c(c1)OCO2. The van der Waals surface area contributed by atoms with Crippen molar-refractivity contribution in [1.82, 2.24) is 0 Å². The third kappa shape index (κ3) is 2.01. The van der Waals surface area contributed by atoms with Gasteiger partial charge in [0.2, 0.25) is 6.79 Å². The van der Waals surface area contributed by atoms with Gasteiger partial charge in [-0.25, -0.2) is 0 Å². The van der Waals surface area contributed by atoms with Crippen LogP contribution in [0.4, 0.5) is 0 Å². The largest absolute Gasteiger partial charge is 0.454 e. The molecule has 3 rings (SSSR count). The number of benzene rings is 1. The van der Waals surface area contributed by atoms with Crippen LogP contribution in [0.1, 0.15) is 37.2 Å². The number of hydrogen-bond donors (Lipinski definition) is 0. The molecule has 1 saturated carbocycles. The van der Waals surface area contributed by atoms with Crippen molar-refractivity contribution in [1.29, 1.82) is 0 Å². The van der Waals surface area contributed by atoms with Crippen LogP contribution in [0.25, 0.3) is 0 Å². The maximum absolute atomic E-state index is 10.7. The maximum Gasteiger partial charge on any atom is 0.231 e. The molecule has 1 aromatic rings. The molecule has 3 heteroatoms. The summed E-state index contributed by atoms with van der Waals surface area (Å²) in [5, 5.41) is 0. The minimum Gasteiger partial charge on any atom is -0.454 e. The van der Waals surface area contributed by atoms with Crippen molar-refractivity contribution in [3.8, 4) is 11.5 Å². The molecule has 1 aliphatic heterocycles. The number of carbonyl (C=O) groups excluding carboxylic acids is 1. The first-order valence-corrected chi connectivity index (χ1v) is 6.42. The highest BCUT2D eigenvalue weighted by molar-refractivity contribution is 5.67. The van der Waals surface area contributed by atoms with Gasteiger partial charge in [0.25, 0.3) is 0 Å². The molecule has 18 heavy (non-hydrogen) atoms. The van der Waals surface area contributed by atoms with E-state index >= 15 is 0 Å². The van der Waals surface area contributed by atoms with E-state index < -0.39 is 0 Å². The summed E-state index contributed by atoms with van der Waals surface area (Å²) in [6.07, 6.45) is 7.17. The fraction of sp³-hybridized carbons (Fsp3) is 0.400. The summed E-state index contributed by atoms with van der Waals surface area (Å²) in [5.74, 6) is 2.00. The molecule has 94 valence electrons. The lowest BCUT2D eigenvalue weighted by atomic mass is 9.79. The zero-order valence-electron chi connectivity index (χ0n) is 10.2. The fourth-order valence-corrected chi connectivity index (χ4v) is 2.83. The maximum atomic E-state index is 10.7. The van der Waals surface area contributed by atoms with Gasteiger partial charge in [-0.3, -0.25) is 4.79 Å². The Kier molecular flexibility index (Phi) is 3.05. The smallest absolute Gasteiger partial charge is 0.231 e. The molecule has 0 amide bonds. The highest BCUT2D eigenvalue weighted by atomic mass is 16.7. The topological polar surface area (TPSA) is 35.5 Å². The summed E-state index contributed by atoms with van der Waals surface area (Å²) in [4.78, 5) is 10.7. The summed E-state index contributed by atoms with van der Waals surface area (Å²) in [6, 6.07) is 6.10. The Labute approximate surface area is 106 Å². The van der Waals surface area contributed by atoms with E-state index in [1.807, 2.05) is 6.07 Å². The van der Waals surface area contributed by atoms with Crippen LogP contribution in [0.3, 0.4) is 0 Å². The van der Waals surface area contributed by atoms with Gasteiger partial charge in [-0.2, -0.15) is 0 Å². The van der Waals surface area contributed by atoms with Crippen molar-refractivity contribution in [3.63, 3.8) is 0 Å². The van der Waals surface area contributed by atoms with Gasteiger partial charge in [0.15, 0.2) is 11.5 Å². The van der Waals surface area contributed by atoms with Crippen molar-refractivity contribution in [2.75, 3.05) is 6.79 Å². The molecular formula is C15H16O3. The normalized spacial score (nSPS) is 24.2. The highest BCUT2D eigenvalue weighted by Gasteiger charge is 2.23. The Bertz CT molecular complexity index is 491. The van der Waals surface area contributed by atoms with E-state index in [2.05, 4.69) is 12.1 Å². The van der Waals surface area contributed by atoms with Crippen LogP contribution < -0.4 is 9.47 Å². The lowest BCUT2D eigenvalue weighted by Gasteiger charge is -2.25. The Morgan fingerprint density at radius 1 is 1.17 bits per heavy atom. The Morgan fingerprint density at radius 3 is 2.94 bits per heavy atom. The molecule has 0 N–H and O–H groups in total. The number of rotatable bonds is 2. The van der Waals surface area contributed by atoms with Crippen LogP contribution in [0, 0.1) is 0 Å². The van der Waals surface area contributed by atoms with Crippen LogP contribution >= 0.6 is 0 Å². The Morgan fingerprint density at radius 2 is 2.06 bits per heavy atom. The van der Waals surface area contributed by atoms with E-state index in [0.29, 0.717) is 12.7 Å². The molecule has 1 unspecified atom stereocenters. The summed E-state index contributed by atoms with van der Waals surface area (Å²) < 4.78 is 10.7. The summed E-state index contributed by atoms with van der Waals surface area (Å²) in [7, 11) is 0. The van der Waals surface area contributed by atoms with Crippen molar-refractivity contribution in [3.05, 3.63) is 35.4 Å². The highest BCUT2D eigenvalue weighted by Crippen LogP contribution is 2.41. The lowest BCUT2D eigenvalue weighted by molar-refractivity contribution is -0.104. The predicted molar refractivity (Wildman–Crippen MR) is 67.9 cm³/mol. The van der Waals surface area contributed by atoms with E-state index in [-0.39, 0.29) is 0 Å². The minimum absolute atomic E-state index is 0.306. The molecule has 1 aromatic carbocycles. The number of carbonyl (C=O) groups is 1. The second-order valence-corrected chi connectivity index (χ2v) is 4.79. The predicted octanol–water partition coefficient (Wildman–Crippen LogP) is 3.20. The second kappa shape index (κ2) is 4.84. The van der Waals surface area contributed by atoms with Gasteiger partial charge < -0.3 is 9.47 Å². The Hall–Kier alpha value is -1.77. The summed E-state index contributed by atoms with van der Waals surface area (Å²) >= 11 is 0. The molecule has 1 heterocycles. The van der Waals surface area contributed by atoms with Crippen molar-refractivity contribution >= 4 is 6.29 Å². The minimum atomic E-state index is 0.306. The van der Waals surface area contributed by atoms with E-state index in [9.17, 15) is 4.79 Å². The van der Waals surface area contributed by atoms with Crippen molar-refractivity contribution in [2.45, 2.75) is 31.6 Å². The van der Waals surface area contributed by atoms with Gasteiger partial charge >= 0.3 is 0 Å². The third-order valence-electron chi connectivity index (χ3n) is 3.74. The molecule has 0 radical (unpaired) electrons. The standard InChI is InChI=1S/C15H16O3/c16-8-7-11-3-1-2-4-13(11)12-5-6-14-15(9-12)18-10-17-14/h5-9,13H,1-4,10H2/b11-7+. The first-order valence-electron chi connectivity index (χ1n) is 6.42. The van der Waals surface area contributed by atoms with Gasteiger partial charge in [-0.1, -0.05) is 18.1 Å². The molecule has 1 aliphatic carbocycles. The van der Waals surface area contributed by atoms with Crippen LogP contribution in [0.15, 0.2) is 29.8 Å². The van der Waals surface area contributed by atoms with E-state index in [1.54, 1.807) is 6.08 Å². The van der Waals surface area contributed by atoms with Crippen LogP contribution in [0.2, 0.25) is 0 Å². The molecule has 1 fully saturated rings. The van der Waals surface area contributed by atoms with Crippen LogP contribution in [-0.2, 0) is 4.79 Å². The number of aldehydes is 1. The summed E-state index contributed by atoms with van der Waals surface area (Å²) in [6.45, 7) is 0.306. The van der Waals surface area contributed by atoms with Gasteiger partial charge in [-0.05, 0) is 43.0 Å². The molecular weight excluding hydrogens is 228 g/mol. The molecule has 0 saturated heterocycles. The first kappa shape index (κ1) is 11.3. The third-order valence-corrected chi connectivity index (χ3v) is 3.74. The fourth-order valence-electron chi connectivity index (χ4n) is 2.83. The monoisotopic (exact) mass is 244 g/mol. The second-order valence-electron chi connectivity index (χ2n) is 4.79. The summed E-state index contributed by atoms with van der Waals surface area (Å²) in [5.41, 5.74) is 2.47. The molecule has 1 atom stereocenters. The number of allylic oxidation sites excluding steroid dienone is 2. The zero-order valence-corrected chi connectivity index (χ0v) is 10.2. The van der Waals surface area contributed by atoms with Gasteiger partial charge in [0, 0.05) is 5.92 Å². The average molecular weight is 244 g/mol. The van der Waals surface area contributed by atoms with E-state index in [1.165, 1.54) is 24.0 Å². The van der Waals surface area contributed by atoms with Crippen molar-refractivity contribution < 1.29 is 14.3 Å². The number of ether oxygens (including phenoxy) is 2. The van der Waals surface area contributed by atoms with Crippen molar-refractivity contribution in [2.24, 2.45) is 0 Å². The molecule has 3 nitrogen and oxygen atoms in total. The van der Waals surface area contributed by atoms with E-state index in [0.717, 1.165) is 30.6 Å². The molecule has 0 spiro atoms. The number of hydrogen-bond acceptors (Lipinski definition) is 3. The van der Waals surface area contributed by atoms with Crippen LogP contribution in [-0.4, -0.2) is 13.1 Å². The molecule has 0 bridgehead atoms. The zero-order chi connectivity index (χ0) is 12.4. The van der Waals surface area contributed by atoms with Gasteiger partial charge in [0.05, 0.1) is 0 Å².